The van der Waals surface area contributed by atoms with Crippen LogP contribution in [-0.2, 0) is 7.05 Å². The van der Waals surface area contributed by atoms with Gasteiger partial charge in [0.1, 0.15) is 5.56 Å². The fourth-order valence-corrected chi connectivity index (χ4v) is 1.12. The third kappa shape index (κ3) is 1.97. The molecule has 0 saturated carbocycles. The number of carbonyl (C=O) groups is 1. The first-order valence-electron chi connectivity index (χ1n) is 4.38. The Kier molecular flexibility index (Phi) is 2.50. The van der Waals surface area contributed by atoms with Crippen molar-refractivity contribution in [1.29, 1.82) is 0 Å². The van der Waals surface area contributed by atoms with Crippen LogP contribution in [-0.4, -0.2) is 31.1 Å². The van der Waals surface area contributed by atoms with Crippen molar-refractivity contribution in [2.45, 2.75) is 0 Å². The van der Waals surface area contributed by atoms with Gasteiger partial charge in [0.2, 0.25) is 0 Å². The molecule has 0 amide bonds. The number of rotatable bonds is 3. The van der Waals surface area contributed by atoms with Crippen LogP contribution in [0.4, 0.5) is 0 Å². The Hall–Kier alpha value is -2.44. The number of hydrogen-bond acceptors (Lipinski definition) is 5. The van der Waals surface area contributed by atoms with Gasteiger partial charge in [-0.05, 0) is 6.07 Å². The highest BCUT2D eigenvalue weighted by Gasteiger charge is 2.13. The van der Waals surface area contributed by atoms with Crippen LogP contribution < -0.4 is 4.74 Å². The van der Waals surface area contributed by atoms with Crippen LogP contribution in [0, 0.1) is 0 Å². The van der Waals surface area contributed by atoms with Crippen LogP contribution in [0.2, 0.25) is 0 Å². The van der Waals surface area contributed by atoms with Crippen molar-refractivity contribution in [3.63, 3.8) is 0 Å². The maximum atomic E-state index is 10.8. The lowest BCUT2D eigenvalue weighted by molar-refractivity contribution is 0.0693. The van der Waals surface area contributed by atoms with Crippen molar-refractivity contribution in [1.82, 2.24) is 20.0 Å². The first kappa shape index (κ1) is 10.1. The van der Waals surface area contributed by atoms with Crippen molar-refractivity contribution >= 4 is 5.97 Å². The second-order valence-electron chi connectivity index (χ2n) is 3.01. The molecule has 0 unspecified atom stereocenters. The van der Waals surface area contributed by atoms with Crippen molar-refractivity contribution in [3.8, 4) is 11.6 Å². The molecule has 2 heterocycles. The minimum absolute atomic E-state index is 0.0427. The average molecular weight is 220 g/mol. The van der Waals surface area contributed by atoms with E-state index in [0.29, 0.717) is 5.75 Å². The molecule has 0 aliphatic carbocycles. The van der Waals surface area contributed by atoms with E-state index in [1.54, 1.807) is 13.2 Å². The SMILES string of the molecule is Cn1cc(Oc2nnccc2C(=O)O)cn1. The lowest BCUT2D eigenvalue weighted by Crippen LogP contribution is -2.02. The normalized spacial score (nSPS) is 10.1. The zero-order chi connectivity index (χ0) is 11.5. The highest BCUT2D eigenvalue weighted by molar-refractivity contribution is 5.89. The number of carboxylic acid groups (broad SMARTS) is 1. The van der Waals surface area contributed by atoms with Gasteiger partial charge in [0.25, 0.3) is 5.88 Å². The molecule has 7 heteroatoms. The maximum Gasteiger partial charge on any atom is 0.341 e. The van der Waals surface area contributed by atoms with E-state index >= 15 is 0 Å². The number of aryl methyl sites for hydroxylation is 1. The summed E-state index contributed by atoms with van der Waals surface area (Å²) in [4.78, 5) is 10.8. The molecule has 82 valence electrons. The second kappa shape index (κ2) is 3.97. The summed E-state index contributed by atoms with van der Waals surface area (Å²) in [6.45, 7) is 0. The highest BCUT2D eigenvalue weighted by Crippen LogP contribution is 2.21. The standard InChI is InChI=1S/C9H8N4O3/c1-13-5-6(4-11-13)16-8-7(9(14)15)2-3-10-12-8/h2-5H,1H3,(H,14,15). The molecule has 2 aromatic rings. The lowest BCUT2D eigenvalue weighted by Gasteiger charge is -2.02. The summed E-state index contributed by atoms with van der Waals surface area (Å²) in [7, 11) is 1.72. The quantitative estimate of drug-likeness (QED) is 0.818. The zero-order valence-corrected chi connectivity index (χ0v) is 8.36. The zero-order valence-electron chi connectivity index (χ0n) is 8.36. The van der Waals surface area contributed by atoms with Gasteiger partial charge in [0.05, 0.1) is 18.6 Å². The van der Waals surface area contributed by atoms with Gasteiger partial charge in [0.15, 0.2) is 5.75 Å². The fraction of sp³-hybridized carbons (Fsp3) is 0.111. The van der Waals surface area contributed by atoms with E-state index in [-0.39, 0.29) is 11.4 Å². The van der Waals surface area contributed by atoms with Crippen molar-refractivity contribution in [2.75, 3.05) is 0 Å². The molecule has 1 N–H and O–H groups in total. The monoisotopic (exact) mass is 220 g/mol. The average Bonchev–Trinajstić information content (AvgIpc) is 2.64. The van der Waals surface area contributed by atoms with Gasteiger partial charge in [-0.2, -0.15) is 10.2 Å². The van der Waals surface area contributed by atoms with Crippen molar-refractivity contribution < 1.29 is 14.6 Å². The van der Waals surface area contributed by atoms with Crippen LogP contribution in [0.1, 0.15) is 10.4 Å². The molecule has 7 nitrogen and oxygen atoms in total. The van der Waals surface area contributed by atoms with Crippen molar-refractivity contribution in [2.24, 2.45) is 7.05 Å². The molecule has 0 saturated heterocycles. The number of aromatic nitrogens is 4. The minimum atomic E-state index is -1.12. The van der Waals surface area contributed by atoms with Gasteiger partial charge in [-0.25, -0.2) is 4.79 Å². The van der Waals surface area contributed by atoms with Gasteiger partial charge in [-0.15, -0.1) is 5.10 Å². The van der Waals surface area contributed by atoms with Crippen LogP contribution in [0.15, 0.2) is 24.7 Å². The maximum absolute atomic E-state index is 10.8. The van der Waals surface area contributed by atoms with Crippen LogP contribution >= 0.6 is 0 Å². The molecule has 2 rings (SSSR count). The summed E-state index contributed by atoms with van der Waals surface area (Å²) in [6.07, 6.45) is 4.35. The Morgan fingerprint density at radius 3 is 3.00 bits per heavy atom. The van der Waals surface area contributed by atoms with E-state index in [1.807, 2.05) is 0 Å². The summed E-state index contributed by atoms with van der Waals surface area (Å²) in [5.74, 6) is -0.762. The smallest absolute Gasteiger partial charge is 0.341 e. The topological polar surface area (TPSA) is 90.1 Å². The minimum Gasteiger partial charge on any atom is -0.477 e. The molecule has 0 spiro atoms. The van der Waals surface area contributed by atoms with Crippen LogP contribution in [0.25, 0.3) is 0 Å². The van der Waals surface area contributed by atoms with Gasteiger partial charge < -0.3 is 9.84 Å². The summed E-state index contributed by atoms with van der Waals surface area (Å²) < 4.78 is 6.79. The largest absolute Gasteiger partial charge is 0.477 e. The Balaban J connectivity index is 2.31. The Morgan fingerprint density at radius 1 is 1.56 bits per heavy atom. The third-order valence-electron chi connectivity index (χ3n) is 1.81. The number of aromatic carboxylic acids is 1. The van der Waals surface area contributed by atoms with E-state index in [1.165, 1.54) is 23.1 Å². The summed E-state index contributed by atoms with van der Waals surface area (Å²) in [5.41, 5.74) is -0.0427. The number of nitrogens with zero attached hydrogens (tertiary/aromatic N) is 4. The van der Waals surface area contributed by atoms with Crippen LogP contribution in [0.5, 0.6) is 11.6 Å². The van der Waals surface area contributed by atoms with Gasteiger partial charge in [-0.3, -0.25) is 4.68 Å². The fourth-order valence-electron chi connectivity index (χ4n) is 1.12. The van der Waals surface area contributed by atoms with E-state index in [2.05, 4.69) is 15.3 Å². The highest BCUT2D eigenvalue weighted by atomic mass is 16.5. The number of ether oxygens (including phenoxy) is 1. The van der Waals surface area contributed by atoms with Gasteiger partial charge >= 0.3 is 5.97 Å². The molecular formula is C9H8N4O3. The van der Waals surface area contributed by atoms with Gasteiger partial charge in [0, 0.05) is 7.05 Å². The number of hydrogen-bond donors (Lipinski definition) is 1. The molecule has 2 aromatic heterocycles. The molecule has 0 aliphatic heterocycles. The predicted molar refractivity (Wildman–Crippen MR) is 52.3 cm³/mol. The van der Waals surface area contributed by atoms with Gasteiger partial charge in [-0.1, -0.05) is 0 Å². The molecule has 0 radical (unpaired) electrons. The van der Waals surface area contributed by atoms with E-state index in [4.69, 9.17) is 9.84 Å². The second-order valence-corrected chi connectivity index (χ2v) is 3.01. The molecule has 0 fully saturated rings. The third-order valence-corrected chi connectivity index (χ3v) is 1.81. The molecule has 0 bridgehead atoms. The number of carboxylic acids is 1. The summed E-state index contributed by atoms with van der Waals surface area (Å²) in [5, 5.41) is 19.9. The summed E-state index contributed by atoms with van der Waals surface area (Å²) >= 11 is 0. The van der Waals surface area contributed by atoms with Crippen molar-refractivity contribution in [3.05, 3.63) is 30.2 Å². The molecule has 0 atom stereocenters. The Labute approximate surface area is 90.3 Å². The van der Waals surface area contributed by atoms with E-state index < -0.39 is 5.97 Å². The first-order valence-corrected chi connectivity index (χ1v) is 4.38. The Morgan fingerprint density at radius 2 is 2.38 bits per heavy atom. The first-order chi connectivity index (χ1) is 7.66. The van der Waals surface area contributed by atoms with Crippen LogP contribution in [0.3, 0.4) is 0 Å². The van der Waals surface area contributed by atoms with E-state index in [0.717, 1.165) is 0 Å². The molecule has 0 aliphatic rings. The molecule has 0 aromatic carbocycles. The lowest BCUT2D eigenvalue weighted by atomic mass is 10.3. The Bertz CT molecular complexity index is 523. The molecule has 16 heavy (non-hydrogen) atoms. The van der Waals surface area contributed by atoms with E-state index in [9.17, 15) is 4.79 Å². The predicted octanol–water partition coefficient (Wildman–Crippen LogP) is 0.701. The summed E-state index contributed by atoms with van der Waals surface area (Å²) in [6, 6.07) is 1.32. The molecular weight excluding hydrogens is 212 g/mol.